The second kappa shape index (κ2) is 10.3. The average molecular weight is 482 g/mol. The van der Waals surface area contributed by atoms with Crippen LogP contribution in [-0.2, 0) is 4.79 Å². The molecule has 0 radical (unpaired) electrons. The van der Waals surface area contributed by atoms with Gasteiger partial charge in [-0.05, 0) is 43.3 Å². The van der Waals surface area contributed by atoms with Crippen molar-refractivity contribution < 1.29 is 19.0 Å². The molecule has 2 aromatic carbocycles. The summed E-state index contributed by atoms with van der Waals surface area (Å²) in [5.41, 5.74) is 1.14. The van der Waals surface area contributed by atoms with Crippen molar-refractivity contribution in [3.63, 3.8) is 0 Å². The van der Waals surface area contributed by atoms with Crippen molar-refractivity contribution in [2.45, 2.75) is 12.1 Å². The van der Waals surface area contributed by atoms with Gasteiger partial charge in [-0.1, -0.05) is 11.8 Å². The van der Waals surface area contributed by atoms with Gasteiger partial charge in [-0.3, -0.25) is 19.3 Å². The Kier molecular flexibility index (Phi) is 7.02. The van der Waals surface area contributed by atoms with E-state index in [0.29, 0.717) is 51.4 Å². The summed E-state index contributed by atoms with van der Waals surface area (Å²) in [6.07, 6.45) is 1.44. The zero-order chi connectivity index (χ0) is 24.1. The molecule has 4 rings (SSSR count). The van der Waals surface area contributed by atoms with Crippen LogP contribution in [0.3, 0.4) is 0 Å². The average Bonchev–Trinajstić information content (AvgIpc) is 3.33. The Balaban J connectivity index is 1.61. The quantitative estimate of drug-likeness (QED) is 0.276. The summed E-state index contributed by atoms with van der Waals surface area (Å²) >= 11 is 1.13. The van der Waals surface area contributed by atoms with Gasteiger partial charge in [-0.25, -0.2) is 4.98 Å². The number of thioether (sulfide) groups is 1. The molecule has 0 unspecified atom stereocenters. The fourth-order valence-corrected chi connectivity index (χ4v) is 4.09. The first-order valence-electron chi connectivity index (χ1n) is 10.4. The first-order chi connectivity index (χ1) is 16.5. The van der Waals surface area contributed by atoms with E-state index in [1.165, 1.54) is 17.9 Å². The second-order valence-corrected chi connectivity index (χ2v) is 7.94. The number of aromatic amines is 1. The number of aromatic nitrogens is 4. The van der Waals surface area contributed by atoms with E-state index in [1.54, 1.807) is 49.6 Å². The van der Waals surface area contributed by atoms with Gasteiger partial charge in [0.15, 0.2) is 10.8 Å². The minimum absolute atomic E-state index is 0.00345. The zero-order valence-corrected chi connectivity index (χ0v) is 19.6. The molecule has 176 valence electrons. The Morgan fingerprint density at radius 1 is 1.12 bits per heavy atom. The number of carbonyl (C=O) groups is 1. The molecule has 0 aliphatic carbocycles. The lowest BCUT2D eigenvalue weighted by atomic mass is 10.2. The molecule has 2 heterocycles. The van der Waals surface area contributed by atoms with Crippen molar-refractivity contribution in [3.8, 4) is 22.9 Å². The molecule has 2 aromatic heterocycles. The van der Waals surface area contributed by atoms with Gasteiger partial charge in [0.1, 0.15) is 22.6 Å². The van der Waals surface area contributed by atoms with E-state index in [4.69, 9.17) is 14.2 Å². The Bertz CT molecular complexity index is 1370. The number of methoxy groups -OCH3 is 2. The predicted octanol–water partition coefficient (Wildman–Crippen LogP) is 3.26. The van der Waals surface area contributed by atoms with Crippen LogP contribution in [0.1, 0.15) is 6.92 Å². The highest BCUT2D eigenvalue weighted by Gasteiger charge is 2.17. The van der Waals surface area contributed by atoms with Crippen molar-refractivity contribution in [2.75, 3.05) is 31.9 Å². The molecule has 2 N–H and O–H groups in total. The van der Waals surface area contributed by atoms with Crippen LogP contribution in [0.4, 0.5) is 5.69 Å². The summed E-state index contributed by atoms with van der Waals surface area (Å²) in [7, 11) is 3.06. The molecule has 0 aliphatic heterocycles. The van der Waals surface area contributed by atoms with Gasteiger partial charge in [-0.15, -0.1) is 0 Å². The normalized spacial score (nSPS) is 10.8. The maximum absolute atomic E-state index is 13.2. The number of anilines is 1. The molecule has 0 saturated heterocycles. The third kappa shape index (κ3) is 4.84. The van der Waals surface area contributed by atoms with Crippen LogP contribution in [0, 0.1) is 0 Å². The predicted molar refractivity (Wildman–Crippen MR) is 130 cm³/mol. The number of amides is 1. The van der Waals surface area contributed by atoms with Crippen LogP contribution in [0.15, 0.2) is 58.6 Å². The molecule has 0 saturated carbocycles. The molecule has 0 aliphatic rings. The Morgan fingerprint density at radius 2 is 1.88 bits per heavy atom. The van der Waals surface area contributed by atoms with Crippen molar-refractivity contribution >= 4 is 34.4 Å². The third-order valence-electron chi connectivity index (χ3n) is 4.87. The zero-order valence-electron chi connectivity index (χ0n) is 18.8. The molecule has 10 nitrogen and oxygen atoms in total. The van der Waals surface area contributed by atoms with Gasteiger partial charge in [0.25, 0.3) is 5.56 Å². The number of H-pyrrole nitrogens is 1. The van der Waals surface area contributed by atoms with Crippen LogP contribution in [0.5, 0.6) is 17.2 Å². The molecule has 34 heavy (non-hydrogen) atoms. The van der Waals surface area contributed by atoms with Crippen molar-refractivity contribution in [1.29, 1.82) is 0 Å². The maximum Gasteiger partial charge on any atom is 0.269 e. The fraction of sp³-hybridized carbons (Fsp3) is 0.217. The van der Waals surface area contributed by atoms with Gasteiger partial charge in [-0.2, -0.15) is 5.10 Å². The summed E-state index contributed by atoms with van der Waals surface area (Å²) in [6.45, 7) is 2.44. The smallest absolute Gasteiger partial charge is 0.269 e. The maximum atomic E-state index is 13.2. The van der Waals surface area contributed by atoms with Crippen LogP contribution >= 0.6 is 11.8 Å². The molecule has 0 atom stereocenters. The van der Waals surface area contributed by atoms with Gasteiger partial charge in [0.05, 0.1) is 44.2 Å². The van der Waals surface area contributed by atoms with Crippen LogP contribution < -0.4 is 25.1 Å². The van der Waals surface area contributed by atoms with E-state index in [1.807, 2.05) is 6.92 Å². The standard InChI is InChI=1S/C23H23N5O5S/c1-4-33-15-7-5-14(6-8-15)28-22(30)17-12-24-27-21(17)26-23(28)34-13-20(29)25-18-11-16(31-2)9-10-19(18)32-3/h5-12H,4,13H2,1-3H3,(H,24,27)(H,25,29). The highest BCUT2D eigenvalue weighted by atomic mass is 32.2. The first kappa shape index (κ1) is 23.2. The Labute approximate surface area is 199 Å². The molecule has 4 aromatic rings. The number of hydrogen-bond donors (Lipinski definition) is 2. The molecular weight excluding hydrogens is 458 g/mol. The number of fused-ring (bicyclic) bond motifs is 1. The van der Waals surface area contributed by atoms with Crippen molar-refractivity contribution in [1.82, 2.24) is 19.7 Å². The molecule has 11 heteroatoms. The Morgan fingerprint density at radius 3 is 2.59 bits per heavy atom. The third-order valence-corrected chi connectivity index (χ3v) is 5.81. The van der Waals surface area contributed by atoms with Gasteiger partial charge < -0.3 is 19.5 Å². The lowest BCUT2D eigenvalue weighted by Crippen LogP contribution is -2.22. The molecule has 0 fully saturated rings. The Hall–Kier alpha value is -3.99. The number of benzene rings is 2. The van der Waals surface area contributed by atoms with Gasteiger partial charge >= 0.3 is 0 Å². The number of nitrogens with zero attached hydrogens (tertiary/aromatic N) is 3. The molecular formula is C23H23N5O5S. The summed E-state index contributed by atoms with van der Waals surface area (Å²) in [5.74, 6) is 1.48. The minimum Gasteiger partial charge on any atom is -0.497 e. The summed E-state index contributed by atoms with van der Waals surface area (Å²) in [6, 6.07) is 12.2. The van der Waals surface area contributed by atoms with Crippen LogP contribution in [0.25, 0.3) is 16.7 Å². The number of rotatable bonds is 9. The van der Waals surface area contributed by atoms with Crippen molar-refractivity contribution in [2.24, 2.45) is 0 Å². The highest BCUT2D eigenvalue weighted by molar-refractivity contribution is 7.99. The lowest BCUT2D eigenvalue weighted by Gasteiger charge is -2.14. The van der Waals surface area contributed by atoms with E-state index in [2.05, 4.69) is 20.5 Å². The topological polar surface area (TPSA) is 120 Å². The molecule has 0 bridgehead atoms. The summed E-state index contributed by atoms with van der Waals surface area (Å²) in [4.78, 5) is 30.5. The van der Waals surface area contributed by atoms with Crippen LogP contribution in [0.2, 0.25) is 0 Å². The van der Waals surface area contributed by atoms with Gasteiger partial charge in [0.2, 0.25) is 5.91 Å². The summed E-state index contributed by atoms with van der Waals surface area (Å²) < 4.78 is 17.5. The van der Waals surface area contributed by atoms with Crippen LogP contribution in [-0.4, -0.2) is 52.2 Å². The second-order valence-electron chi connectivity index (χ2n) is 7.00. The number of ether oxygens (including phenoxy) is 3. The van der Waals surface area contributed by atoms with E-state index in [-0.39, 0.29) is 17.2 Å². The largest absolute Gasteiger partial charge is 0.497 e. The van der Waals surface area contributed by atoms with Gasteiger partial charge in [0, 0.05) is 6.07 Å². The SMILES string of the molecule is CCOc1ccc(-n2c(SCC(=O)Nc3cc(OC)ccc3OC)nc3[nH]ncc3c2=O)cc1. The number of nitrogens with one attached hydrogen (secondary N) is 2. The minimum atomic E-state index is -0.297. The highest BCUT2D eigenvalue weighted by Crippen LogP contribution is 2.29. The molecule has 1 amide bonds. The first-order valence-corrected chi connectivity index (χ1v) is 11.4. The fourth-order valence-electron chi connectivity index (χ4n) is 3.28. The van der Waals surface area contributed by atoms with E-state index in [0.717, 1.165) is 11.8 Å². The van der Waals surface area contributed by atoms with E-state index >= 15 is 0 Å². The monoisotopic (exact) mass is 481 g/mol. The van der Waals surface area contributed by atoms with E-state index in [9.17, 15) is 9.59 Å². The van der Waals surface area contributed by atoms with Crippen molar-refractivity contribution in [3.05, 3.63) is 59.0 Å². The number of carbonyl (C=O) groups excluding carboxylic acids is 1. The summed E-state index contributed by atoms with van der Waals surface area (Å²) in [5, 5.41) is 10.2. The van der Waals surface area contributed by atoms with E-state index < -0.39 is 0 Å². The lowest BCUT2D eigenvalue weighted by molar-refractivity contribution is -0.113. The number of hydrogen-bond acceptors (Lipinski definition) is 8. The molecule has 0 spiro atoms.